The van der Waals surface area contributed by atoms with Crippen LogP contribution < -0.4 is 5.73 Å². The van der Waals surface area contributed by atoms with Crippen LogP contribution in [-0.4, -0.2) is 23.4 Å². The molecule has 2 atom stereocenters. The summed E-state index contributed by atoms with van der Waals surface area (Å²) in [6, 6.07) is 5.66. The van der Waals surface area contributed by atoms with Crippen molar-refractivity contribution in [2.24, 2.45) is 5.73 Å². The molecule has 2 N–H and O–H groups in total. The molecule has 0 aliphatic heterocycles. The van der Waals surface area contributed by atoms with Gasteiger partial charge in [-0.3, -0.25) is 4.79 Å². The van der Waals surface area contributed by atoms with Gasteiger partial charge in [0.25, 0.3) is 0 Å². The zero-order valence-corrected chi connectivity index (χ0v) is 11.2. The van der Waals surface area contributed by atoms with Crippen molar-refractivity contribution in [3.8, 4) is 0 Å². The zero-order chi connectivity index (χ0) is 13.7. The van der Waals surface area contributed by atoms with Crippen LogP contribution in [0, 0.1) is 5.82 Å². The number of likely N-dealkylation sites (N-methyl/N-ethyl adjacent to an activating group) is 1. The minimum absolute atomic E-state index is 0.0585. The van der Waals surface area contributed by atoms with Gasteiger partial charge in [0.05, 0.1) is 12.1 Å². The van der Waals surface area contributed by atoms with Crippen molar-refractivity contribution in [2.75, 3.05) is 6.54 Å². The number of hydrogen-bond acceptors (Lipinski definition) is 2. The molecule has 100 valence electrons. The second kappa shape index (κ2) is 6.50. The van der Waals surface area contributed by atoms with Gasteiger partial charge in [-0.1, -0.05) is 19.1 Å². The lowest BCUT2D eigenvalue weighted by Crippen LogP contribution is -2.44. The Kier molecular flexibility index (Phi) is 5.28. The Balaban J connectivity index is 2.88. The second-order valence-corrected chi connectivity index (χ2v) is 4.37. The summed E-state index contributed by atoms with van der Waals surface area (Å²) in [5, 5.41) is 0. The fraction of sp³-hybridized carbons (Fsp3) is 0.500. The second-order valence-electron chi connectivity index (χ2n) is 4.37. The molecule has 0 aliphatic carbocycles. The maximum Gasteiger partial charge on any atom is 0.239 e. The van der Waals surface area contributed by atoms with Crippen molar-refractivity contribution in [1.82, 2.24) is 4.90 Å². The van der Waals surface area contributed by atoms with E-state index in [1.54, 1.807) is 17.0 Å². The lowest BCUT2D eigenvalue weighted by molar-refractivity contribution is -0.134. The van der Waals surface area contributed by atoms with Gasteiger partial charge in [-0.05, 0) is 38.0 Å². The summed E-state index contributed by atoms with van der Waals surface area (Å²) in [4.78, 5) is 13.8. The Bertz CT molecular complexity index is 391. The van der Waals surface area contributed by atoms with Crippen LogP contribution in [0.4, 0.5) is 4.39 Å². The van der Waals surface area contributed by atoms with E-state index in [1.807, 2.05) is 20.8 Å². The molecule has 0 spiro atoms. The number of rotatable bonds is 5. The fourth-order valence-corrected chi connectivity index (χ4v) is 1.93. The molecule has 18 heavy (non-hydrogen) atoms. The molecule has 0 heterocycles. The van der Waals surface area contributed by atoms with Crippen LogP contribution in [0.2, 0.25) is 0 Å². The highest BCUT2D eigenvalue weighted by Gasteiger charge is 2.23. The van der Waals surface area contributed by atoms with E-state index >= 15 is 0 Å². The van der Waals surface area contributed by atoms with Crippen LogP contribution in [0.15, 0.2) is 24.3 Å². The van der Waals surface area contributed by atoms with Crippen LogP contribution >= 0.6 is 0 Å². The van der Waals surface area contributed by atoms with Crippen molar-refractivity contribution in [1.29, 1.82) is 0 Å². The molecule has 1 rings (SSSR count). The first kappa shape index (κ1) is 14.6. The lowest BCUT2D eigenvalue weighted by atomic mass is 10.1. The first-order chi connectivity index (χ1) is 8.51. The van der Waals surface area contributed by atoms with E-state index in [1.165, 1.54) is 12.1 Å². The minimum atomic E-state index is -0.465. The number of nitrogens with two attached hydrogens (primary N) is 1. The van der Waals surface area contributed by atoms with Crippen LogP contribution in [0.1, 0.15) is 38.8 Å². The van der Waals surface area contributed by atoms with Crippen molar-refractivity contribution in [3.05, 3.63) is 35.6 Å². The van der Waals surface area contributed by atoms with Crippen LogP contribution in [0.25, 0.3) is 0 Å². The molecule has 0 unspecified atom stereocenters. The number of carbonyl (C=O) groups excluding carboxylic acids is 1. The fourth-order valence-electron chi connectivity index (χ4n) is 1.93. The van der Waals surface area contributed by atoms with E-state index < -0.39 is 6.04 Å². The average Bonchev–Trinajstić information content (AvgIpc) is 2.39. The Labute approximate surface area is 108 Å². The maximum absolute atomic E-state index is 12.9. The van der Waals surface area contributed by atoms with Crippen LogP contribution in [-0.2, 0) is 4.79 Å². The van der Waals surface area contributed by atoms with E-state index in [4.69, 9.17) is 5.73 Å². The highest BCUT2D eigenvalue weighted by Crippen LogP contribution is 2.21. The number of halogens is 1. The summed E-state index contributed by atoms with van der Waals surface area (Å²) in [6.07, 6.45) is 0.617. The highest BCUT2D eigenvalue weighted by atomic mass is 19.1. The minimum Gasteiger partial charge on any atom is -0.335 e. The first-order valence-corrected chi connectivity index (χ1v) is 6.32. The molecule has 3 nitrogen and oxygen atoms in total. The van der Waals surface area contributed by atoms with E-state index in [0.717, 1.165) is 5.56 Å². The van der Waals surface area contributed by atoms with Crippen molar-refractivity contribution in [2.45, 2.75) is 39.3 Å². The maximum atomic E-state index is 12.9. The molecule has 0 fully saturated rings. The molecule has 1 amide bonds. The van der Waals surface area contributed by atoms with Crippen LogP contribution in [0.3, 0.4) is 0 Å². The smallest absolute Gasteiger partial charge is 0.239 e. The predicted octanol–water partition coefficient (Wildman–Crippen LogP) is 2.47. The Morgan fingerprint density at radius 2 is 1.89 bits per heavy atom. The largest absolute Gasteiger partial charge is 0.335 e. The summed E-state index contributed by atoms with van der Waals surface area (Å²) >= 11 is 0. The number of benzene rings is 1. The average molecular weight is 252 g/mol. The monoisotopic (exact) mass is 252 g/mol. The van der Waals surface area contributed by atoms with Gasteiger partial charge in [-0.2, -0.15) is 0 Å². The van der Waals surface area contributed by atoms with Crippen LogP contribution in [0.5, 0.6) is 0 Å². The van der Waals surface area contributed by atoms with E-state index in [0.29, 0.717) is 13.0 Å². The molecular weight excluding hydrogens is 231 g/mol. The summed E-state index contributed by atoms with van der Waals surface area (Å²) in [5.74, 6) is -0.331. The number of hydrogen-bond donors (Lipinski definition) is 1. The Hall–Kier alpha value is -1.42. The molecular formula is C14H21FN2O. The molecule has 0 bridgehead atoms. The lowest BCUT2D eigenvalue weighted by Gasteiger charge is -2.30. The molecule has 0 aliphatic rings. The van der Waals surface area contributed by atoms with Gasteiger partial charge in [-0.25, -0.2) is 4.39 Å². The third-order valence-corrected chi connectivity index (χ3v) is 3.20. The van der Waals surface area contributed by atoms with Crippen molar-refractivity contribution in [3.63, 3.8) is 0 Å². The van der Waals surface area contributed by atoms with Gasteiger partial charge in [-0.15, -0.1) is 0 Å². The molecule has 0 saturated heterocycles. The molecule has 1 aromatic carbocycles. The third-order valence-electron chi connectivity index (χ3n) is 3.20. The van der Waals surface area contributed by atoms with Gasteiger partial charge in [0.1, 0.15) is 5.82 Å². The van der Waals surface area contributed by atoms with Crippen molar-refractivity contribution < 1.29 is 9.18 Å². The highest BCUT2D eigenvalue weighted by molar-refractivity contribution is 5.82. The van der Waals surface area contributed by atoms with Gasteiger partial charge in [0.15, 0.2) is 0 Å². The van der Waals surface area contributed by atoms with E-state index in [-0.39, 0.29) is 17.8 Å². The van der Waals surface area contributed by atoms with E-state index in [2.05, 4.69) is 0 Å². The molecule has 0 aromatic heterocycles. The van der Waals surface area contributed by atoms with Gasteiger partial charge in [0, 0.05) is 6.54 Å². The van der Waals surface area contributed by atoms with Gasteiger partial charge >= 0.3 is 0 Å². The predicted molar refractivity (Wildman–Crippen MR) is 70.5 cm³/mol. The number of amides is 1. The first-order valence-electron chi connectivity index (χ1n) is 6.32. The SMILES string of the molecule is CC[C@H](N)C(=O)N(CC)[C@@H](C)c1ccc(F)cc1. The quantitative estimate of drug-likeness (QED) is 0.875. The topological polar surface area (TPSA) is 46.3 Å². The van der Waals surface area contributed by atoms with E-state index in [9.17, 15) is 9.18 Å². The number of nitrogens with zero attached hydrogens (tertiary/aromatic N) is 1. The number of carbonyl (C=O) groups is 1. The molecule has 0 saturated carbocycles. The third kappa shape index (κ3) is 3.29. The zero-order valence-electron chi connectivity index (χ0n) is 11.2. The Morgan fingerprint density at radius 3 is 2.33 bits per heavy atom. The summed E-state index contributed by atoms with van der Waals surface area (Å²) in [6.45, 7) is 6.32. The summed E-state index contributed by atoms with van der Waals surface area (Å²) < 4.78 is 12.9. The van der Waals surface area contributed by atoms with Gasteiger partial charge in [0.2, 0.25) is 5.91 Å². The standard InChI is InChI=1S/C14H21FN2O/c1-4-13(16)14(18)17(5-2)10(3)11-6-8-12(15)9-7-11/h6-10,13H,4-5,16H2,1-3H3/t10-,13-/m0/s1. The van der Waals surface area contributed by atoms with Crippen molar-refractivity contribution >= 4 is 5.91 Å². The normalized spacial score (nSPS) is 14.1. The molecule has 0 radical (unpaired) electrons. The molecule has 1 aromatic rings. The Morgan fingerprint density at radius 1 is 1.33 bits per heavy atom. The summed E-state index contributed by atoms with van der Waals surface area (Å²) in [5.41, 5.74) is 6.69. The molecule has 4 heteroatoms. The van der Waals surface area contributed by atoms with Gasteiger partial charge < -0.3 is 10.6 Å². The summed E-state index contributed by atoms with van der Waals surface area (Å²) in [7, 11) is 0.